The van der Waals surface area contributed by atoms with Crippen molar-refractivity contribution in [1.29, 1.82) is 0 Å². The van der Waals surface area contributed by atoms with E-state index in [2.05, 4.69) is 10.4 Å². The highest BCUT2D eigenvalue weighted by atomic mass is 35.5. The molecule has 0 bridgehead atoms. The van der Waals surface area contributed by atoms with Crippen LogP contribution in [0.25, 0.3) is 0 Å². The molecule has 0 spiro atoms. The zero-order valence-corrected chi connectivity index (χ0v) is 11.9. The summed E-state index contributed by atoms with van der Waals surface area (Å²) in [7, 11) is 0. The van der Waals surface area contributed by atoms with Crippen molar-refractivity contribution in [3.8, 4) is 0 Å². The molecule has 0 amide bonds. The number of rotatable bonds is 5. The number of aliphatic hydroxyl groups excluding tert-OH is 1. The Kier molecular flexibility index (Phi) is 4.76. The lowest BCUT2D eigenvalue weighted by Gasteiger charge is -2.10. The summed E-state index contributed by atoms with van der Waals surface area (Å²) in [4.78, 5) is 11.8. The van der Waals surface area contributed by atoms with Gasteiger partial charge in [-0.2, -0.15) is 5.10 Å². The van der Waals surface area contributed by atoms with Crippen LogP contribution < -0.4 is 10.9 Å². The van der Waals surface area contributed by atoms with Gasteiger partial charge in [0.05, 0.1) is 18.5 Å². The molecule has 0 aliphatic heterocycles. The highest BCUT2D eigenvalue weighted by Crippen LogP contribution is 2.16. The highest BCUT2D eigenvalue weighted by Gasteiger charge is 2.08. The van der Waals surface area contributed by atoms with E-state index in [0.717, 1.165) is 11.1 Å². The first-order valence-electron chi connectivity index (χ1n) is 6.34. The molecule has 2 aromatic rings. The normalized spacial score (nSPS) is 10.6. The zero-order valence-electron chi connectivity index (χ0n) is 11.1. The van der Waals surface area contributed by atoms with Crippen molar-refractivity contribution >= 4 is 17.3 Å². The Morgan fingerprint density at radius 2 is 2.15 bits per heavy atom. The Balaban J connectivity index is 2.15. The summed E-state index contributed by atoms with van der Waals surface area (Å²) < 4.78 is 1.31. The van der Waals surface area contributed by atoms with Crippen LogP contribution in [0.5, 0.6) is 0 Å². The molecule has 0 saturated heterocycles. The first-order valence-corrected chi connectivity index (χ1v) is 6.71. The third-order valence-corrected chi connectivity index (χ3v) is 3.31. The third-order valence-electron chi connectivity index (χ3n) is 2.94. The molecular formula is C14H16ClN3O2. The van der Waals surface area contributed by atoms with Crippen molar-refractivity contribution in [2.24, 2.45) is 0 Å². The fourth-order valence-corrected chi connectivity index (χ4v) is 2.06. The maximum absolute atomic E-state index is 11.8. The Labute approximate surface area is 121 Å². The summed E-state index contributed by atoms with van der Waals surface area (Å²) in [5.41, 5.74) is 2.04. The van der Waals surface area contributed by atoms with Crippen LogP contribution in [-0.4, -0.2) is 14.9 Å². The van der Waals surface area contributed by atoms with Crippen molar-refractivity contribution in [1.82, 2.24) is 9.78 Å². The minimum absolute atomic E-state index is 0.00268. The number of nitrogens with one attached hydrogen (secondary N) is 1. The summed E-state index contributed by atoms with van der Waals surface area (Å²) in [5, 5.41) is 16.3. The minimum atomic E-state index is -0.303. The van der Waals surface area contributed by atoms with Crippen molar-refractivity contribution in [3.63, 3.8) is 0 Å². The predicted molar refractivity (Wildman–Crippen MR) is 78.9 cm³/mol. The van der Waals surface area contributed by atoms with Gasteiger partial charge in [0.15, 0.2) is 0 Å². The monoisotopic (exact) mass is 293 g/mol. The third kappa shape index (κ3) is 3.18. The SMILES string of the molecule is CCn1ncc(NCc2cccc(CO)c2)c(Cl)c1=O. The van der Waals surface area contributed by atoms with Crippen LogP contribution in [0.15, 0.2) is 35.3 Å². The smallest absolute Gasteiger partial charge is 0.287 e. The molecule has 0 unspecified atom stereocenters. The van der Waals surface area contributed by atoms with Crippen molar-refractivity contribution in [2.45, 2.75) is 26.6 Å². The second-order valence-electron chi connectivity index (χ2n) is 4.32. The summed E-state index contributed by atoms with van der Waals surface area (Å²) in [6.45, 7) is 2.82. The van der Waals surface area contributed by atoms with E-state index in [4.69, 9.17) is 16.7 Å². The number of halogens is 1. The largest absolute Gasteiger partial charge is 0.392 e. The van der Waals surface area contributed by atoms with Crippen LogP contribution in [0, 0.1) is 0 Å². The molecule has 20 heavy (non-hydrogen) atoms. The summed E-state index contributed by atoms with van der Waals surface area (Å²) in [6, 6.07) is 7.54. The van der Waals surface area contributed by atoms with Gasteiger partial charge in [0.25, 0.3) is 5.56 Å². The maximum atomic E-state index is 11.8. The molecule has 0 aliphatic carbocycles. The fraction of sp³-hybridized carbons (Fsp3) is 0.286. The maximum Gasteiger partial charge on any atom is 0.287 e. The Bertz CT molecular complexity index is 655. The van der Waals surface area contributed by atoms with Gasteiger partial charge in [-0.15, -0.1) is 0 Å². The molecule has 1 heterocycles. The van der Waals surface area contributed by atoms with Crippen LogP contribution in [-0.2, 0) is 19.7 Å². The molecule has 2 N–H and O–H groups in total. The quantitative estimate of drug-likeness (QED) is 0.885. The second kappa shape index (κ2) is 6.54. The molecule has 106 valence electrons. The lowest BCUT2D eigenvalue weighted by atomic mass is 10.1. The number of hydrogen-bond acceptors (Lipinski definition) is 4. The minimum Gasteiger partial charge on any atom is -0.392 e. The van der Waals surface area contributed by atoms with E-state index in [1.165, 1.54) is 4.68 Å². The molecule has 5 nitrogen and oxygen atoms in total. The Hall–Kier alpha value is -1.85. The summed E-state index contributed by atoms with van der Waals surface area (Å²) in [6.07, 6.45) is 1.54. The average molecular weight is 294 g/mol. The van der Waals surface area contributed by atoms with Gasteiger partial charge in [-0.1, -0.05) is 35.9 Å². The van der Waals surface area contributed by atoms with E-state index in [-0.39, 0.29) is 17.2 Å². The molecule has 1 aromatic carbocycles. The summed E-state index contributed by atoms with van der Waals surface area (Å²) in [5.74, 6) is 0. The molecule has 0 atom stereocenters. The van der Waals surface area contributed by atoms with Crippen LogP contribution in [0.1, 0.15) is 18.1 Å². The number of aromatic nitrogens is 2. The molecule has 2 rings (SSSR count). The number of aliphatic hydroxyl groups is 1. The fourth-order valence-electron chi connectivity index (χ4n) is 1.85. The zero-order chi connectivity index (χ0) is 14.5. The lowest BCUT2D eigenvalue weighted by Crippen LogP contribution is -2.23. The molecule has 0 radical (unpaired) electrons. The Morgan fingerprint density at radius 3 is 2.85 bits per heavy atom. The predicted octanol–water partition coefficient (Wildman–Crippen LogP) is 2.02. The highest BCUT2D eigenvalue weighted by molar-refractivity contribution is 6.32. The number of hydrogen-bond donors (Lipinski definition) is 2. The summed E-state index contributed by atoms with van der Waals surface area (Å²) >= 11 is 6.03. The molecule has 0 aliphatic rings. The number of nitrogens with zero attached hydrogens (tertiary/aromatic N) is 2. The van der Waals surface area contributed by atoms with Gasteiger partial charge in [-0.05, 0) is 18.1 Å². The van der Waals surface area contributed by atoms with E-state index in [1.54, 1.807) is 6.20 Å². The molecular weight excluding hydrogens is 278 g/mol. The first-order chi connectivity index (χ1) is 9.65. The van der Waals surface area contributed by atoms with E-state index < -0.39 is 0 Å². The number of anilines is 1. The Morgan fingerprint density at radius 1 is 1.40 bits per heavy atom. The van der Waals surface area contributed by atoms with Crippen LogP contribution in [0.4, 0.5) is 5.69 Å². The van der Waals surface area contributed by atoms with Crippen LogP contribution in [0.3, 0.4) is 0 Å². The number of aryl methyl sites for hydroxylation is 1. The topological polar surface area (TPSA) is 67.2 Å². The van der Waals surface area contributed by atoms with Crippen LogP contribution >= 0.6 is 11.6 Å². The van der Waals surface area contributed by atoms with Crippen molar-refractivity contribution < 1.29 is 5.11 Å². The molecule has 0 saturated carbocycles. The molecule has 1 aromatic heterocycles. The molecule has 6 heteroatoms. The second-order valence-corrected chi connectivity index (χ2v) is 4.70. The van der Waals surface area contributed by atoms with E-state index in [0.29, 0.717) is 18.8 Å². The van der Waals surface area contributed by atoms with Gasteiger partial charge < -0.3 is 10.4 Å². The lowest BCUT2D eigenvalue weighted by molar-refractivity contribution is 0.281. The first kappa shape index (κ1) is 14.6. The van der Waals surface area contributed by atoms with Gasteiger partial charge in [0.1, 0.15) is 5.02 Å². The van der Waals surface area contributed by atoms with Gasteiger partial charge in [0.2, 0.25) is 0 Å². The standard InChI is InChI=1S/C14H16ClN3O2/c1-2-18-14(20)13(15)12(8-17-18)16-7-10-4-3-5-11(6-10)9-19/h3-6,8,16,19H,2,7,9H2,1H3. The number of benzene rings is 1. The van der Waals surface area contributed by atoms with Gasteiger partial charge in [0, 0.05) is 13.1 Å². The van der Waals surface area contributed by atoms with E-state index in [9.17, 15) is 4.79 Å². The molecule has 0 fully saturated rings. The van der Waals surface area contributed by atoms with Crippen LogP contribution in [0.2, 0.25) is 5.02 Å². The van der Waals surface area contributed by atoms with Gasteiger partial charge in [-0.25, -0.2) is 4.68 Å². The van der Waals surface area contributed by atoms with Gasteiger partial charge >= 0.3 is 0 Å². The van der Waals surface area contributed by atoms with Crippen molar-refractivity contribution in [3.05, 3.63) is 57.0 Å². The van der Waals surface area contributed by atoms with Gasteiger partial charge in [-0.3, -0.25) is 4.79 Å². The van der Waals surface area contributed by atoms with E-state index >= 15 is 0 Å². The average Bonchev–Trinajstić information content (AvgIpc) is 2.49. The van der Waals surface area contributed by atoms with E-state index in [1.807, 2.05) is 31.2 Å². The van der Waals surface area contributed by atoms with Crippen molar-refractivity contribution in [2.75, 3.05) is 5.32 Å².